The molecule has 0 aromatic rings. The zero-order valence-electron chi connectivity index (χ0n) is 14.4. The Labute approximate surface area is 132 Å². The maximum atomic E-state index is 11.8. The summed E-state index contributed by atoms with van der Waals surface area (Å²) in [5.41, 5.74) is 0. The molecule has 1 aliphatic carbocycles. The summed E-state index contributed by atoms with van der Waals surface area (Å²) in [6.07, 6.45) is 17.0. The average molecular weight is 296 g/mol. The van der Waals surface area contributed by atoms with E-state index >= 15 is 0 Å². The molecule has 1 fully saturated rings. The molecule has 0 saturated heterocycles. The van der Waals surface area contributed by atoms with Crippen molar-refractivity contribution in [1.29, 1.82) is 0 Å². The summed E-state index contributed by atoms with van der Waals surface area (Å²) in [6.45, 7) is 4.48. The van der Waals surface area contributed by atoms with Gasteiger partial charge >= 0.3 is 5.97 Å². The lowest BCUT2D eigenvalue weighted by Gasteiger charge is -2.28. The van der Waals surface area contributed by atoms with Crippen LogP contribution in [-0.4, -0.2) is 12.1 Å². The number of hydrogen-bond acceptors (Lipinski definition) is 2. The molecule has 0 spiro atoms. The molecule has 0 radical (unpaired) electrons. The molecular formula is C19H36O2. The number of carbonyl (C=O) groups is 1. The van der Waals surface area contributed by atoms with Crippen LogP contribution >= 0.6 is 0 Å². The van der Waals surface area contributed by atoms with Crippen LogP contribution in [0.4, 0.5) is 0 Å². The van der Waals surface area contributed by atoms with Gasteiger partial charge in [-0.3, -0.25) is 4.79 Å². The van der Waals surface area contributed by atoms with Gasteiger partial charge in [-0.1, -0.05) is 65.2 Å². The molecule has 0 unspecified atom stereocenters. The topological polar surface area (TPSA) is 26.3 Å². The first kappa shape index (κ1) is 18.5. The van der Waals surface area contributed by atoms with Crippen LogP contribution < -0.4 is 0 Å². The van der Waals surface area contributed by atoms with Crippen LogP contribution in [0.3, 0.4) is 0 Å². The fourth-order valence-corrected chi connectivity index (χ4v) is 3.34. The number of carbonyl (C=O) groups excluding carboxylic acids is 1. The highest BCUT2D eigenvalue weighted by Gasteiger charge is 2.23. The van der Waals surface area contributed by atoms with Crippen LogP contribution in [0.1, 0.15) is 104 Å². The number of ether oxygens (including phenoxy) is 1. The van der Waals surface area contributed by atoms with Crippen molar-refractivity contribution < 1.29 is 9.53 Å². The van der Waals surface area contributed by atoms with Crippen molar-refractivity contribution in [1.82, 2.24) is 0 Å². The molecule has 1 aliphatic rings. The van der Waals surface area contributed by atoms with E-state index in [4.69, 9.17) is 4.74 Å². The van der Waals surface area contributed by atoms with Crippen molar-refractivity contribution in [2.75, 3.05) is 0 Å². The minimum absolute atomic E-state index is 0.0425. The van der Waals surface area contributed by atoms with Crippen molar-refractivity contribution in [2.24, 2.45) is 5.92 Å². The van der Waals surface area contributed by atoms with E-state index in [1.807, 2.05) is 0 Å². The molecule has 0 aromatic carbocycles. The Bertz CT molecular complexity index is 254. The van der Waals surface area contributed by atoms with E-state index < -0.39 is 0 Å². The van der Waals surface area contributed by atoms with E-state index in [9.17, 15) is 4.79 Å². The summed E-state index contributed by atoms with van der Waals surface area (Å²) in [7, 11) is 0. The molecule has 124 valence electrons. The molecule has 21 heavy (non-hydrogen) atoms. The Kier molecular flexibility index (Phi) is 10.6. The highest BCUT2D eigenvalue weighted by atomic mass is 16.5. The first-order chi connectivity index (χ1) is 10.3. The van der Waals surface area contributed by atoms with Crippen molar-refractivity contribution in [3.8, 4) is 0 Å². The molecule has 0 bridgehead atoms. The molecule has 0 aliphatic heterocycles. The zero-order chi connectivity index (χ0) is 15.3. The predicted octanol–water partition coefficient (Wildman–Crippen LogP) is 6.03. The molecule has 2 nitrogen and oxygen atoms in total. The van der Waals surface area contributed by atoms with Crippen LogP contribution in [0.5, 0.6) is 0 Å². The zero-order valence-corrected chi connectivity index (χ0v) is 14.4. The van der Waals surface area contributed by atoms with Crippen molar-refractivity contribution in [2.45, 2.75) is 110 Å². The number of rotatable bonds is 11. The van der Waals surface area contributed by atoms with Crippen LogP contribution in [0, 0.1) is 5.92 Å². The van der Waals surface area contributed by atoms with Gasteiger partial charge in [0, 0.05) is 6.42 Å². The summed E-state index contributed by atoms with van der Waals surface area (Å²) in [4.78, 5) is 11.8. The summed E-state index contributed by atoms with van der Waals surface area (Å²) in [5.74, 6) is 0.932. The van der Waals surface area contributed by atoms with Crippen molar-refractivity contribution in [3.05, 3.63) is 0 Å². The molecule has 0 aromatic heterocycles. The minimum Gasteiger partial charge on any atom is -0.462 e. The lowest BCUT2D eigenvalue weighted by atomic mass is 9.84. The van der Waals surface area contributed by atoms with Gasteiger partial charge in [-0.15, -0.1) is 0 Å². The van der Waals surface area contributed by atoms with Gasteiger partial charge in [0.15, 0.2) is 0 Å². The summed E-state index contributed by atoms with van der Waals surface area (Å²) >= 11 is 0. The molecular weight excluding hydrogens is 260 g/mol. The maximum Gasteiger partial charge on any atom is 0.306 e. The molecule has 1 saturated carbocycles. The van der Waals surface area contributed by atoms with Gasteiger partial charge in [0.25, 0.3) is 0 Å². The first-order valence-corrected chi connectivity index (χ1v) is 9.45. The molecule has 2 heteroatoms. The van der Waals surface area contributed by atoms with Crippen LogP contribution in [0.25, 0.3) is 0 Å². The second-order valence-electron chi connectivity index (χ2n) is 6.79. The second kappa shape index (κ2) is 12.1. The third-order valence-corrected chi connectivity index (χ3v) is 4.79. The SMILES string of the molecule is CCCCCCCC(=O)OC1CCC(CCCCC)CC1. The van der Waals surface area contributed by atoms with E-state index in [1.165, 1.54) is 64.2 Å². The summed E-state index contributed by atoms with van der Waals surface area (Å²) in [6, 6.07) is 0. The highest BCUT2D eigenvalue weighted by Crippen LogP contribution is 2.30. The molecule has 0 amide bonds. The molecule has 0 atom stereocenters. The fourth-order valence-electron chi connectivity index (χ4n) is 3.34. The van der Waals surface area contributed by atoms with E-state index in [0.717, 1.165) is 25.2 Å². The Morgan fingerprint density at radius 1 is 0.857 bits per heavy atom. The predicted molar refractivity (Wildman–Crippen MR) is 89.4 cm³/mol. The van der Waals surface area contributed by atoms with Gasteiger partial charge < -0.3 is 4.74 Å². The quantitative estimate of drug-likeness (QED) is 0.344. The van der Waals surface area contributed by atoms with Gasteiger partial charge in [-0.25, -0.2) is 0 Å². The van der Waals surface area contributed by atoms with Gasteiger partial charge in [0.1, 0.15) is 6.10 Å². The minimum atomic E-state index is 0.0425. The van der Waals surface area contributed by atoms with E-state index in [-0.39, 0.29) is 12.1 Å². The maximum absolute atomic E-state index is 11.8. The van der Waals surface area contributed by atoms with Crippen LogP contribution in [0.2, 0.25) is 0 Å². The van der Waals surface area contributed by atoms with Gasteiger partial charge in [0.2, 0.25) is 0 Å². The van der Waals surface area contributed by atoms with E-state index in [0.29, 0.717) is 6.42 Å². The Morgan fingerprint density at radius 3 is 2.14 bits per heavy atom. The number of esters is 1. The first-order valence-electron chi connectivity index (χ1n) is 9.45. The van der Waals surface area contributed by atoms with Gasteiger partial charge in [-0.05, 0) is 38.0 Å². The van der Waals surface area contributed by atoms with E-state index in [2.05, 4.69) is 13.8 Å². The monoisotopic (exact) mass is 296 g/mol. The molecule has 0 N–H and O–H groups in total. The third-order valence-electron chi connectivity index (χ3n) is 4.79. The Balaban J connectivity index is 2.02. The normalized spacial score (nSPS) is 22.2. The van der Waals surface area contributed by atoms with Crippen molar-refractivity contribution in [3.63, 3.8) is 0 Å². The van der Waals surface area contributed by atoms with Crippen LogP contribution in [0.15, 0.2) is 0 Å². The lowest BCUT2D eigenvalue weighted by Crippen LogP contribution is -2.24. The molecule has 1 rings (SSSR count). The van der Waals surface area contributed by atoms with Gasteiger partial charge in [-0.2, -0.15) is 0 Å². The third kappa shape index (κ3) is 9.16. The average Bonchev–Trinajstić information content (AvgIpc) is 2.49. The Hall–Kier alpha value is -0.530. The number of unbranched alkanes of at least 4 members (excludes halogenated alkanes) is 6. The van der Waals surface area contributed by atoms with E-state index in [1.54, 1.807) is 0 Å². The standard InChI is InChI=1S/C19H36O2/c1-3-5-7-8-10-12-19(20)21-18-15-13-17(14-16-18)11-9-6-4-2/h17-18H,3-16H2,1-2H3. The second-order valence-corrected chi connectivity index (χ2v) is 6.79. The fraction of sp³-hybridized carbons (Fsp3) is 0.947. The Morgan fingerprint density at radius 2 is 1.48 bits per heavy atom. The van der Waals surface area contributed by atoms with Crippen molar-refractivity contribution >= 4 is 5.97 Å². The number of hydrogen-bond donors (Lipinski definition) is 0. The largest absolute Gasteiger partial charge is 0.462 e. The lowest BCUT2D eigenvalue weighted by molar-refractivity contribution is -0.151. The summed E-state index contributed by atoms with van der Waals surface area (Å²) in [5, 5.41) is 0. The highest BCUT2D eigenvalue weighted by molar-refractivity contribution is 5.69. The smallest absolute Gasteiger partial charge is 0.306 e. The molecule has 0 heterocycles. The van der Waals surface area contributed by atoms with Gasteiger partial charge in [0.05, 0.1) is 0 Å². The summed E-state index contributed by atoms with van der Waals surface area (Å²) < 4.78 is 5.63. The van der Waals surface area contributed by atoms with Crippen LogP contribution in [-0.2, 0) is 9.53 Å².